The van der Waals surface area contributed by atoms with Gasteiger partial charge in [0.25, 0.3) is 0 Å². The summed E-state index contributed by atoms with van der Waals surface area (Å²) in [5.41, 5.74) is 2.11. The van der Waals surface area contributed by atoms with Crippen LogP contribution in [-0.2, 0) is 6.42 Å². The highest BCUT2D eigenvalue weighted by Gasteiger charge is 2.07. The number of nitrogens with one attached hydrogen (secondary N) is 2. The third kappa shape index (κ3) is 2.76. The molecule has 2 N–H and O–H groups in total. The van der Waals surface area contributed by atoms with Gasteiger partial charge in [0.1, 0.15) is 0 Å². The summed E-state index contributed by atoms with van der Waals surface area (Å²) < 4.78 is 2.17. The van der Waals surface area contributed by atoms with Crippen molar-refractivity contribution >= 4 is 40.7 Å². The second-order valence-corrected chi connectivity index (χ2v) is 6.47. The monoisotopic (exact) mass is 339 g/mol. The maximum Gasteiger partial charge on any atom is 0.216 e. The zero-order chi connectivity index (χ0) is 15.6. The summed E-state index contributed by atoms with van der Waals surface area (Å²) in [6.07, 6.45) is 4.45. The molecule has 0 saturated carbocycles. The summed E-state index contributed by atoms with van der Waals surface area (Å²) in [6.45, 7) is 0. The van der Waals surface area contributed by atoms with Crippen molar-refractivity contribution in [1.82, 2.24) is 19.9 Å². The Morgan fingerprint density at radius 3 is 3.04 bits per heavy atom. The first-order valence-corrected chi connectivity index (χ1v) is 8.39. The van der Waals surface area contributed by atoms with E-state index in [0.29, 0.717) is 11.2 Å². The number of nitrogens with zero attached hydrogens (tertiary/aromatic N) is 3. The predicted molar refractivity (Wildman–Crippen MR) is 95.8 cm³/mol. The van der Waals surface area contributed by atoms with Crippen LogP contribution in [0.25, 0.3) is 10.9 Å². The maximum absolute atomic E-state index is 5.29. The quantitative estimate of drug-likeness (QED) is 0.437. The van der Waals surface area contributed by atoms with E-state index < -0.39 is 0 Å². The lowest BCUT2D eigenvalue weighted by molar-refractivity contribution is 0.795. The van der Waals surface area contributed by atoms with E-state index in [1.54, 1.807) is 16.0 Å². The van der Waals surface area contributed by atoms with Crippen LogP contribution in [-0.4, -0.2) is 26.1 Å². The largest absolute Gasteiger partial charge is 0.361 e. The molecular formula is C16H13N5S2. The molecule has 114 valence electrons. The molecule has 0 unspecified atom stereocenters. The second-order valence-electron chi connectivity index (χ2n) is 5.05. The first-order chi connectivity index (χ1) is 11.3. The van der Waals surface area contributed by atoms with Crippen molar-refractivity contribution in [1.29, 1.82) is 0 Å². The molecule has 0 spiro atoms. The Hall–Kier alpha value is -2.51. The van der Waals surface area contributed by atoms with Gasteiger partial charge in [-0.1, -0.05) is 24.3 Å². The number of hydrogen-bond donors (Lipinski definition) is 2. The fourth-order valence-corrected chi connectivity index (χ4v) is 3.35. The van der Waals surface area contributed by atoms with Gasteiger partial charge < -0.3 is 4.98 Å². The van der Waals surface area contributed by atoms with Crippen LogP contribution in [0.3, 0.4) is 0 Å². The van der Waals surface area contributed by atoms with Crippen LogP contribution in [0.1, 0.15) is 16.3 Å². The molecule has 7 heteroatoms. The standard InChI is InChI=1S/C16H13N5S2/c22-16-20-19-15(8-12-4-3-7-23-12)21(16)18-10-11-9-17-14-6-2-1-5-13(11)14/h1-7,9-10,17H,8H2,(H,20,22)/b18-10-. The van der Waals surface area contributed by atoms with Gasteiger partial charge in [-0.15, -0.1) is 11.3 Å². The Labute approximate surface area is 141 Å². The Kier molecular flexibility index (Phi) is 3.64. The van der Waals surface area contributed by atoms with E-state index in [9.17, 15) is 0 Å². The van der Waals surface area contributed by atoms with Gasteiger partial charge in [0.2, 0.25) is 4.77 Å². The second kappa shape index (κ2) is 5.94. The van der Waals surface area contributed by atoms with Crippen LogP contribution in [0.2, 0.25) is 0 Å². The Morgan fingerprint density at radius 2 is 2.17 bits per heavy atom. The molecule has 0 aliphatic rings. The first-order valence-electron chi connectivity index (χ1n) is 7.10. The number of fused-ring (bicyclic) bond motifs is 1. The zero-order valence-electron chi connectivity index (χ0n) is 12.1. The summed E-state index contributed by atoms with van der Waals surface area (Å²) >= 11 is 6.98. The van der Waals surface area contributed by atoms with Crippen molar-refractivity contribution in [2.45, 2.75) is 6.42 Å². The smallest absolute Gasteiger partial charge is 0.216 e. The van der Waals surface area contributed by atoms with Crippen molar-refractivity contribution in [2.75, 3.05) is 0 Å². The normalized spacial score (nSPS) is 11.7. The molecule has 0 atom stereocenters. The molecule has 1 aromatic carbocycles. The molecule has 3 aromatic heterocycles. The zero-order valence-corrected chi connectivity index (χ0v) is 13.7. The van der Waals surface area contributed by atoms with Crippen molar-refractivity contribution in [2.24, 2.45) is 5.10 Å². The molecule has 4 aromatic rings. The van der Waals surface area contributed by atoms with E-state index in [1.807, 2.05) is 36.7 Å². The molecule has 0 amide bonds. The van der Waals surface area contributed by atoms with Gasteiger partial charge in [-0.2, -0.15) is 14.9 Å². The average molecular weight is 339 g/mol. The molecule has 0 aliphatic heterocycles. The average Bonchev–Trinajstić information content (AvgIpc) is 3.28. The molecular weight excluding hydrogens is 326 g/mol. The number of H-pyrrole nitrogens is 2. The van der Waals surface area contributed by atoms with E-state index in [0.717, 1.165) is 22.3 Å². The molecule has 5 nitrogen and oxygen atoms in total. The summed E-state index contributed by atoms with van der Waals surface area (Å²) in [5.74, 6) is 0.800. The molecule has 23 heavy (non-hydrogen) atoms. The van der Waals surface area contributed by atoms with Crippen molar-refractivity contribution in [3.8, 4) is 0 Å². The Morgan fingerprint density at radius 1 is 1.26 bits per heavy atom. The van der Waals surface area contributed by atoms with E-state index in [4.69, 9.17) is 12.2 Å². The number of benzene rings is 1. The minimum atomic E-state index is 0.493. The number of thiophene rings is 1. The first kappa shape index (κ1) is 14.1. The van der Waals surface area contributed by atoms with Gasteiger partial charge in [-0.3, -0.25) is 5.10 Å². The Bertz CT molecular complexity index is 1020. The van der Waals surface area contributed by atoms with Gasteiger partial charge in [-0.25, -0.2) is 0 Å². The highest BCUT2D eigenvalue weighted by Crippen LogP contribution is 2.17. The van der Waals surface area contributed by atoms with E-state index in [1.165, 1.54) is 4.88 Å². The van der Waals surface area contributed by atoms with Crippen LogP contribution < -0.4 is 0 Å². The van der Waals surface area contributed by atoms with E-state index >= 15 is 0 Å². The number of aromatic nitrogens is 4. The molecule has 3 heterocycles. The lowest BCUT2D eigenvalue weighted by Gasteiger charge is -1.98. The van der Waals surface area contributed by atoms with E-state index in [-0.39, 0.29) is 0 Å². The van der Waals surface area contributed by atoms with Gasteiger partial charge in [-0.05, 0) is 29.7 Å². The highest BCUT2D eigenvalue weighted by atomic mass is 32.1. The highest BCUT2D eigenvalue weighted by molar-refractivity contribution is 7.71. The lowest BCUT2D eigenvalue weighted by atomic mass is 10.2. The molecule has 0 aliphatic carbocycles. The summed E-state index contributed by atoms with van der Waals surface area (Å²) in [5, 5.41) is 14.8. The number of rotatable bonds is 4. The van der Waals surface area contributed by atoms with Crippen molar-refractivity contribution in [3.05, 3.63) is 69.0 Å². The van der Waals surface area contributed by atoms with Crippen molar-refractivity contribution in [3.63, 3.8) is 0 Å². The minimum Gasteiger partial charge on any atom is -0.361 e. The van der Waals surface area contributed by atoms with Crippen LogP contribution in [0.5, 0.6) is 0 Å². The SMILES string of the molecule is S=c1[nH]nc(Cc2cccs2)n1/N=C\c1c[nH]c2ccccc12. The molecule has 0 radical (unpaired) electrons. The predicted octanol–water partition coefficient (Wildman–Crippen LogP) is 3.96. The van der Waals surface area contributed by atoms with Gasteiger partial charge in [0.15, 0.2) is 5.82 Å². The van der Waals surface area contributed by atoms with E-state index in [2.05, 4.69) is 37.8 Å². The van der Waals surface area contributed by atoms with Crippen LogP contribution >= 0.6 is 23.6 Å². The minimum absolute atomic E-state index is 0.493. The molecule has 0 saturated heterocycles. The fraction of sp³-hybridized carbons (Fsp3) is 0.0625. The van der Waals surface area contributed by atoms with Crippen molar-refractivity contribution < 1.29 is 0 Å². The lowest BCUT2D eigenvalue weighted by Crippen LogP contribution is -1.99. The van der Waals surface area contributed by atoms with Crippen LogP contribution in [0, 0.1) is 4.77 Å². The summed E-state index contributed by atoms with van der Waals surface area (Å²) in [4.78, 5) is 4.46. The molecule has 4 rings (SSSR count). The van der Waals surface area contributed by atoms with Crippen LogP contribution in [0.15, 0.2) is 53.1 Å². The summed E-state index contributed by atoms with van der Waals surface area (Å²) in [6, 6.07) is 12.2. The van der Waals surface area contributed by atoms with Gasteiger partial charge in [0.05, 0.1) is 6.21 Å². The van der Waals surface area contributed by atoms with Crippen LogP contribution in [0.4, 0.5) is 0 Å². The summed E-state index contributed by atoms with van der Waals surface area (Å²) in [7, 11) is 0. The number of aromatic amines is 2. The molecule has 0 bridgehead atoms. The number of hydrogen-bond acceptors (Lipinski definition) is 4. The molecule has 0 fully saturated rings. The number of para-hydroxylation sites is 1. The van der Waals surface area contributed by atoms with Gasteiger partial charge in [0, 0.05) is 34.0 Å². The van der Waals surface area contributed by atoms with Gasteiger partial charge >= 0.3 is 0 Å². The Balaban J connectivity index is 1.68. The third-order valence-electron chi connectivity index (χ3n) is 3.56. The fourth-order valence-electron chi connectivity index (χ4n) is 2.45. The topological polar surface area (TPSA) is 61.8 Å². The third-order valence-corrected chi connectivity index (χ3v) is 4.70. The maximum atomic E-state index is 5.29.